The van der Waals surface area contributed by atoms with Crippen molar-refractivity contribution < 1.29 is 0 Å². The maximum atomic E-state index is 2.50. The van der Waals surface area contributed by atoms with Gasteiger partial charge in [-0.25, -0.2) is 0 Å². The first kappa shape index (κ1) is 33.2. The lowest BCUT2D eigenvalue weighted by Gasteiger charge is -2.23. The fraction of sp³-hybridized carbons (Fsp3) is 0.250. The highest BCUT2D eigenvalue weighted by atomic mass is 14.3. The topological polar surface area (TPSA) is 0 Å². The minimum Gasteiger partial charge on any atom is -0.0776 e. The highest BCUT2D eigenvalue weighted by molar-refractivity contribution is 6.30. The van der Waals surface area contributed by atoms with Crippen molar-refractivity contribution >= 4 is 64.6 Å². The molecule has 0 saturated heterocycles. The Hall–Kier alpha value is -4.68. The van der Waals surface area contributed by atoms with Crippen LogP contribution in [0.3, 0.4) is 0 Å². The predicted octanol–water partition coefficient (Wildman–Crippen LogP) is 14.8. The van der Waals surface area contributed by atoms with Crippen LogP contribution in [0, 0.1) is 13.8 Å². The van der Waals surface area contributed by atoms with Crippen molar-refractivity contribution in [2.75, 3.05) is 0 Å². The quantitative estimate of drug-likeness (QED) is 0.159. The Kier molecular flexibility index (Phi) is 7.95. The SMILES string of the molecule is C.C.Cc1cc2ccccc2c2c(-c3cc4cc(C(C)(C)C)ccc4c4c(C)cc5ccccc5c34)cc3cc(C(C)(C)C)ccc3c12. The summed E-state index contributed by atoms with van der Waals surface area (Å²) in [4.78, 5) is 0. The van der Waals surface area contributed by atoms with Crippen molar-refractivity contribution in [2.24, 2.45) is 0 Å². The molecule has 0 heterocycles. The first-order valence-corrected chi connectivity index (χ1v) is 16.7. The van der Waals surface area contributed by atoms with Crippen LogP contribution in [0.15, 0.2) is 109 Å². The molecule has 8 aromatic carbocycles. The first-order chi connectivity index (χ1) is 21.9. The maximum Gasteiger partial charge on any atom is -0.00175 e. The van der Waals surface area contributed by atoms with Gasteiger partial charge in [0, 0.05) is 0 Å². The van der Waals surface area contributed by atoms with Gasteiger partial charge in [-0.15, -0.1) is 0 Å². The van der Waals surface area contributed by atoms with Gasteiger partial charge in [-0.1, -0.05) is 153 Å². The van der Waals surface area contributed by atoms with Crippen molar-refractivity contribution in [3.8, 4) is 11.1 Å². The molecule has 242 valence electrons. The van der Waals surface area contributed by atoms with Gasteiger partial charge < -0.3 is 0 Å². The normalized spacial score (nSPS) is 12.2. The van der Waals surface area contributed by atoms with Crippen LogP contribution in [-0.4, -0.2) is 0 Å². The van der Waals surface area contributed by atoms with E-state index in [-0.39, 0.29) is 25.7 Å². The Balaban J connectivity index is 0.00000201. The molecule has 8 rings (SSSR count). The molecule has 0 atom stereocenters. The van der Waals surface area contributed by atoms with Crippen LogP contribution in [0.5, 0.6) is 0 Å². The minimum atomic E-state index is 0. The van der Waals surface area contributed by atoms with E-state index in [0.29, 0.717) is 0 Å². The molecule has 0 aliphatic heterocycles. The number of hydrogen-bond donors (Lipinski definition) is 0. The van der Waals surface area contributed by atoms with E-state index in [4.69, 9.17) is 0 Å². The van der Waals surface area contributed by atoms with Crippen LogP contribution in [-0.2, 0) is 10.8 Å². The average Bonchev–Trinajstić information content (AvgIpc) is 3.02. The van der Waals surface area contributed by atoms with Crippen LogP contribution in [0.25, 0.3) is 75.8 Å². The molecule has 0 nitrogen and oxygen atoms in total. The summed E-state index contributed by atoms with van der Waals surface area (Å²) in [5, 5.41) is 15.9. The number of aryl methyl sites for hydroxylation is 2. The summed E-state index contributed by atoms with van der Waals surface area (Å²) in [6, 6.07) is 42.0. The van der Waals surface area contributed by atoms with Crippen molar-refractivity contribution in [3.63, 3.8) is 0 Å². The Bertz CT molecular complexity index is 2360. The Morgan fingerprint density at radius 2 is 0.708 bits per heavy atom. The second-order valence-electron chi connectivity index (χ2n) is 15.5. The van der Waals surface area contributed by atoms with E-state index in [9.17, 15) is 0 Å². The standard InChI is InChI=1S/C46H42.2CH4/c1-27-21-29-13-9-11-15-35(29)43-39(25-31-23-33(45(3,4)5)17-19-37(31)41(27)43)40-26-32-24-34(46(6,7)8)18-20-38(32)42-28(2)22-30-14-10-12-16-36(30)44(40)42;;/h9-26H,1-8H3;2*1H4. The molecular weight excluding hydrogens is 577 g/mol. The molecular formula is C48H50. The van der Waals surface area contributed by atoms with Crippen molar-refractivity contribution in [1.29, 1.82) is 0 Å². The zero-order valence-electron chi connectivity index (χ0n) is 28.4. The molecule has 0 aliphatic rings. The second kappa shape index (κ2) is 11.5. The zero-order valence-corrected chi connectivity index (χ0v) is 28.4. The van der Waals surface area contributed by atoms with Gasteiger partial charge in [0.15, 0.2) is 0 Å². The third kappa shape index (κ3) is 5.05. The van der Waals surface area contributed by atoms with E-state index >= 15 is 0 Å². The fourth-order valence-corrected chi connectivity index (χ4v) is 7.86. The van der Waals surface area contributed by atoms with Gasteiger partial charge in [0.2, 0.25) is 0 Å². The van der Waals surface area contributed by atoms with Gasteiger partial charge in [-0.05, 0) is 135 Å². The fourth-order valence-electron chi connectivity index (χ4n) is 7.86. The Morgan fingerprint density at radius 3 is 1.08 bits per heavy atom. The number of hydrogen-bond acceptors (Lipinski definition) is 0. The van der Waals surface area contributed by atoms with Crippen LogP contribution in [0.2, 0.25) is 0 Å². The molecule has 0 fully saturated rings. The molecule has 0 radical (unpaired) electrons. The molecule has 0 heteroatoms. The summed E-state index contributed by atoms with van der Waals surface area (Å²) >= 11 is 0. The van der Waals surface area contributed by atoms with Gasteiger partial charge >= 0.3 is 0 Å². The van der Waals surface area contributed by atoms with E-state index in [1.165, 1.54) is 98.0 Å². The lowest BCUT2D eigenvalue weighted by atomic mass is 9.80. The smallest absolute Gasteiger partial charge is 0.00175 e. The summed E-state index contributed by atoms with van der Waals surface area (Å²) in [6.45, 7) is 18.5. The van der Waals surface area contributed by atoms with E-state index in [0.717, 1.165) is 0 Å². The van der Waals surface area contributed by atoms with Crippen LogP contribution < -0.4 is 0 Å². The van der Waals surface area contributed by atoms with Crippen molar-refractivity contribution in [2.45, 2.75) is 81.1 Å². The molecule has 0 aliphatic carbocycles. The van der Waals surface area contributed by atoms with E-state index in [1.807, 2.05) is 0 Å². The lowest BCUT2D eigenvalue weighted by molar-refractivity contribution is 0.591. The highest BCUT2D eigenvalue weighted by Gasteiger charge is 2.22. The van der Waals surface area contributed by atoms with Gasteiger partial charge in [0.05, 0.1) is 0 Å². The Labute approximate surface area is 287 Å². The van der Waals surface area contributed by atoms with Crippen molar-refractivity contribution in [1.82, 2.24) is 0 Å². The summed E-state index contributed by atoms with van der Waals surface area (Å²) in [5.41, 5.74) is 8.14. The molecule has 0 N–H and O–H groups in total. The van der Waals surface area contributed by atoms with E-state index < -0.39 is 0 Å². The third-order valence-electron chi connectivity index (χ3n) is 10.3. The molecule has 0 spiro atoms. The molecule has 0 aromatic heterocycles. The van der Waals surface area contributed by atoms with Gasteiger partial charge in [-0.3, -0.25) is 0 Å². The predicted molar refractivity (Wildman–Crippen MR) is 217 cm³/mol. The van der Waals surface area contributed by atoms with Gasteiger partial charge in [0.25, 0.3) is 0 Å². The molecule has 0 amide bonds. The first-order valence-electron chi connectivity index (χ1n) is 16.7. The zero-order chi connectivity index (χ0) is 32.1. The minimum absolute atomic E-state index is 0. The molecule has 48 heavy (non-hydrogen) atoms. The van der Waals surface area contributed by atoms with Crippen LogP contribution in [0.4, 0.5) is 0 Å². The maximum absolute atomic E-state index is 2.50. The Morgan fingerprint density at radius 1 is 0.354 bits per heavy atom. The second-order valence-corrected chi connectivity index (χ2v) is 15.5. The average molecular weight is 627 g/mol. The molecule has 8 aromatic rings. The summed E-state index contributed by atoms with van der Waals surface area (Å²) in [6.07, 6.45) is 0. The number of rotatable bonds is 1. The third-order valence-corrected chi connectivity index (χ3v) is 10.3. The number of fused-ring (bicyclic) bond motifs is 10. The van der Waals surface area contributed by atoms with E-state index in [1.54, 1.807) is 0 Å². The van der Waals surface area contributed by atoms with Crippen molar-refractivity contribution in [3.05, 3.63) is 131 Å². The van der Waals surface area contributed by atoms with Gasteiger partial charge in [-0.2, -0.15) is 0 Å². The van der Waals surface area contributed by atoms with E-state index in [2.05, 4.69) is 165 Å². The summed E-state index contributed by atoms with van der Waals surface area (Å²) in [7, 11) is 0. The summed E-state index contributed by atoms with van der Waals surface area (Å²) in [5.74, 6) is 0. The van der Waals surface area contributed by atoms with Crippen LogP contribution >= 0.6 is 0 Å². The monoisotopic (exact) mass is 626 g/mol. The molecule has 0 bridgehead atoms. The number of benzene rings is 8. The molecule has 0 saturated carbocycles. The van der Waals surface area contributed by atoms with Crippen LogP contribution in [0.1, 0.15) is 78.6 Å². The molecule has 0 unspecified atom stereocenters. The van der Waals surface area contributed by atoms with Gasteiger partial charge in [0.1, 0.15) is 0 Å². The lowest BCUT2D eigenvalue weighted by Crippen LogP contribution is -2.10. The highest BCUT2D eigenvalue weighted by Crippen LogP contribution is 2.47. The summed E-state index contributed by atoms with van der Waals surface area (Å²) < 4.78 is 0. The largest absolute Gasteiger partial charge is 0.0776 e.